The van der Waals surface area contributed by atoms with Gasteiger partial charge in [0.05, 0.1) is 8.07 Å². The van der Waals surface area contributed by atoms with Crippen molar-refractivity contribution in [3.05, 3.63) is 42.0 Å². The summed E-state index contributed by atoms with van der Waals surface area (Å²) in [4.78, 5) is 0. The standard InChI is InChI=1S/C31H43BO2Si/c1-20(2)33-32-28-11-9-8-10-25(28)26-15-24(35(6,7)30(3,4)5)16-27(29(26)34-32)31-17-21-12-22(18-31)14-23(13-21)19-31/h8-11,15-16,20-23H,12-14,17-19H2,1-7H3. The highest BCUT2D eigenvalue weighted by atomic mass is 28.3. The fraction of sp³-hybridized carbons (Fsp3) is 0.613. The molecule has 0 spiro atoms. The predicted octanol–water partition coefficient (Wildman–Crippen LogP) is 7.05. The van der Waals surface area contributed by atoms with Crippen LogP contribution in [0.25, 0.3) is 11.1 Å². The Kier molecular flexibility index (Phi) is 5.44. The average molecular weight is 487 g/mol. The van der Waals surface area contributed by atoms with Crippen molar-refractivity contribution in [3.63, 3.8) is 0 Å². The van der Waals surface area contributed by atoms with Gasteiger partial charge in [0.1, 0.15) is 5.75 Å². The van der Waals surface area contributed by atoms with Crippen molar-refractivity contribution in [1.29, 1.82) is 0 Å². The highest BCUT2D eigenvalue weighted by molar-refractivity contribution is 6.92. The molecule has 1 heterocycles. The van der Waals surface area contributed by atoms with E-state index in [0.717, 1.165) is 23.5 Å². The van der Waals surface area contributed by atoms with E-state index in [9.17, 15) is 0 Å². The maximum Gasteiger partial charge on any atom is 0.563 e. The molecule has 35 heavy (non-hydrogen) atoms. The van der Waals surface area contributed by atoms with E-state index in [4.69, 9.17) is 9.31 Å². The van der Waals surface area contributed by atoms with Crippen LogP contribution in [0.3, 0.4) is 0 Å². The molecular weight excluding hydrogens is 443 g/mol. The van der Waals surface area contributed by atoms with Crippen LogP contribution in [0.2, 0.25) is 18.1 Å². The van der Waals surface area contributed by atoms with Gasteiger partial charge in [0.15, 0.2) is 0 Å². The van der Waals surface area contributed by atoms with Crippen molar-refractivity contribution in [1.82, 2.24) is 0 Å². The fourth-order valence-corrected chi connectivity index (χ4v) is 9.93. The van der Waals surface area contributed by atoms with Crippen LogP contribution in [-0.4, -0.2) is 21.3 Å². The summed E-state index contributed by atoms with van der Waals surface area (Å²) in [7, 11) is -2.07. The van der Waals surface area contributed by atoms with E-state index >= 15 is 0 Å². The molecule has 0 radical (unpaired) electrons. The summed E-state index contributed by atoms with van der Waals surface area (Å²) >= 11 is 0. The summed E-state index contributed by atoms with van der Waals surface area (Å²) in [5.74, 6) is 3.87. The van der Waals surface area contributed by atoms with E-state index in [1.54, 1.807) is 5.19 Å². The molecule has 1 aliphatic heterocycles. The first-order chi connectivity index (χ1) is 16.5. The summed E-state index contributed by atoms with van der Waals surface area (Å²) in [5, 5.41) is 1.88. The third-order valence-electron chi connectivity index (χ3n) is 10.4. The van der Waals surface area contributed by atoms with Gasteiger partial charge >= 0.3 is 7.12 Å². The van der Waals surface area contributed by atoms with Crippen LogP contribution in [0, 0.1) is 17.8 Å². The zero-order valence-corrected chi connectivity index (χ0v) is 23.9. The number of benzene rings is 2. The van der Waals surface area contributed by atoms with Crippen LogP contribution in [0.15, 0.2) is 36.4 Å². The van der Waals surface area contributed by atoms with Gasteiger partial charge in [0.25, 0.3) is 0 Å². The summed E-state index contributed by atoms with van der Waals surface area (Å²) in [6.07, 6.45) is 8.57. The molecule has 4 saturated carbocycles. The smallest absolute Gasteiger partial charge is 0.532 e. The van der Waals surface area contributed by atoms with Crippen molar-refractivity contribution in [2.45, 2.75) is 103 Å². The van der Waals surface area contributed by atoms with Gasteiger partial charge < -0.3 is 9.31 Å². The Bertz CT molecular complexity index is 1110. The number of hydrogen-bond acceptors (Lipinski definition) is 2. The van der Waals surface area contributed by atoms with Crippen LogP contribution < -0.4 is 15.3 Å². The Labute approximate surface area is 214 Å². The first-order valence-corrected chi connectivity index (χ1v) is 17.1. The molecule has 0 amide bonds. The molecule has 0 aromatic heterocycles. The highest BCUT2D eigenvalue weighted by Gasteiger charge is 2.54. The van der Waals surface area contributed by atoms with Crippen LogP contribution in [0.5, 0.6) is 5.75 Å². The zero-order valence-electron chi connectivity index (χ0n) is 22.9. The Balaban J connectivity index is 1.59. The fourth-order valence-electron chi connectivity index (χ4n) is 8.05. The monoisotopic (exact) mass is 486 g/mol. The van der Waals surface area contributed by atoms with Gasteiger partial charge in [-0.05, 0) is 91.7 Å². The summed E-state index contributed by atoms with van der Waals surface area (Å²) in [6, 6.07) is 14.0. The molecule has 2 aromatic rings. The van der Waals surface area contributed by atoms with E-state index in [0.29, 0.717) is 0 Å². The summed E-state index contributed by atoms with van der Waals surface area (Å²) in [6.45, 7) is 16.7. The number of rotatable bonds is 4. The van der Waals surface area contributed by atoms with E-state index in [1.165, 1.54) is 60.7 Å². The van der Waals surface area contributed by atoms with Crippen molar-refractivity contribution in [2.24, 2.45) is 17.8 Å². The molecule has 4 bridgehead atoms. The maximum atomic E-state index is 6.94. The minimum absolute atomic E-state index is 0.115. The highest BCUT2D eigenvalue weighted by Crippen LogP contribution is 2.62. The molecule has 2 nitrogen and oxygen atoms in total. The quantitative estimate of drug-likeness (QED) is 0.431. The van der Waals surface area contributed by atoms with E-state index < -0.39 is 8.07 Å². The molecule has 2 aromatic carbocycles. The Hall–Kier alpha value is -1.52. The molecule has 4 heteroatoms. The lowest BCUT2D eigenvalue weighted by molar-refractivity contribution is -0.00587. The predicted molar refractivity (Wildman–Crippen MR) is 151 cm³/mol. The Morgan fingerprint density at radius 2 is 1.54 bits per heavy atom. The van der Waals surface area contributed by atoms with Gasteiger partial charge in [-0.3, -0.25) is 0 Å². The van der Waals surface area contributed by atoms with Crippen LogP contribution in [-0.2, 0) is 10.1 Å². The van der Waals surface area contributed by atoms with E-state index in [1.807, 2.05) is 0 Å². The third-order valence-corrected chi connectivity index (χ3v) is 15.9. The second-order valence-corrected chi connectivity index (χ2v) is 19.5. The van der Waals surface area contributed by atoms with Gasteiger partial charge in [-0.15, -0.1) is 0 Å². The zero-order chi connectivity index (χ0) is 24.8. The minimum Gasteiger partial charge on any atom is -0.532 e. The molecule has 0 N–H and O–H groups in total. The van der Waals surface area contributed by atoms with Crippen molar-refractivity contribution in [3.8, 4) is 16.9 Å². The second kappa shape index (κ2) is 7.99. The Morgan fingerprint density at radius 3 is 2.11 bits per heavy atom. The van der Waals surface area contributed by atoms with Gasteiger partial charge in [-0.1, -0.05) is 75.5 Å². The van der Waals surface area contributed by atoms with Gasteiger partial charge in [0, 0.05) is 17.1 Å². The molecular formula is C31H43BO2Si. The minimum atomic E-state index is -1.74. The topological polar surface area (TPSA) is 18.5 Å². The van der Waals surface area contributed by atoms with Crippen molar-refractivity contribution in [2.75, 3.05) is 0 Å². The third kappa shape index (κ3) is 3.77. The average Bonchev–Trinajstić information content (AvgIpc) is 2.76. The van der Waals surface area contributed by atoms with E-state index in [-0.39, 0.29) is 23.7 Å². The van der Waals surface area contributed by atoms with Crippen LogP contribution in [0.4, 0.5) is 0 Å². The van der Waals surface area contributed by atoms with Gasteiger partial charge in [-0.25, -0.2) is 0 Å². The summed E-state index contributed by atoms with van der Waals surface area (Å²) < 4.78 is 13.3. The normalized spacial score (nSPS) is 29.3. The first-order valence-electron chi connectivity index (χ1n) is 14.1. The van der Waals surface area contributed by atoms with Gasteiger partial charge in [-0.2, -0.15) is 0 Å². The lowest BCUT2D eigenvalue weighted by Crippen LogP contribution is -2.53. The van der Waals surface area contributed by atoms with E-state index in [2.05, 4.69) is 84.1 Å². The lowest BCUT2D eigenvalue weighted by Gasteiger charge is -2.57. The van der Waals surface area contributed by atoms with Crippen molar-refractivity contribution < 1.29 is 9.31 Å². The molecule has 5 aliphatic rings. The maximum absolute atomic E-state index is 6.94. The molecule has 4 fully saturated rings. The molecule has 186 valence electrons. The molecule has 0 unspecified atom stereocenters. The van der Waals surface area contributed by atoms with Gasteiger partial charge in [0.2, 0.25) is 0 Å². The summed E-state index contributed by atoms with van der Waals surface area (Å²) in [5.41, 5.74) is 5.62. The first kappa shape index (κ1) is 23.9. The van der Waals surface area contributed by atoms with Crippen molar-refractivity contribution >= 4 is 25.8 Å². The number of hydrogen-bond donors (Lipinski definition) is 0. The molecule has 7 rings (SSSR count). The SMILES string of the molecule is CC(C)OB1Oc2c(cc([Si](C)(C)C(C)(C)C)cc2C23CC4CC(CC(C4)C2)C3)-c2ccccc21. The molecule has 0 atom stereocenters. The number of fused-ring (bicyclic) bond motifs is 3. The largest absolute Gasteiger partial charge is 0.563 e. The van der Waals surface area contributed by atoms with Crippen LogP contribution in [0.1, 0.15) is 78.7 Å². The van der Waals surface area contributed by atoms with Crippen LogP contribution >= 0.6 is 0 Å². The Morgan fingerprint density at radius 1 is 0.943 bits per heavy atom. The second-order valence-electron chi connectivity index (χ2n) is 14.2. The lowest BCUT2D eigenvalue weighted by atomic mass is 9.47. The molecule has 0 saturated heterocycles. The molecule has 4 aliphatic carbocycles.